The SMILES string of the molecule is CCCCCCCC(=O)OC[C@H](COP(=O)(O)OC[C@H](O)COP(=O)(O)OC[C@@H](COC(=O)CCCCCCCCCCCCCCCCCCCCC(C)CC)OC(=O)CCCCCCCCCCCCCCCCCCCCC(C)CC)OC(=O)CCCCCCCCCCCCCCCCCC(C)C. The lowest BCUT2D eigenvalue weighted by molar-refractivity contribution is -0.161. The minimum Gasteiger partial charge on any atom is -0.462 e. The topological polar surface area (TPSA) is 237 Å². The molecule has 0 heterocycles. The summed E-state index contributed by atoms with van der Waals surface area (Å²) in [4.78, 5) is 72.9. The van der Waals surface area contributed by atoms with Crippen LogP contribution in [0.3, 0.4) is 0 Å². The molecule has 4 unspecified atom stereocenters. The van der Waals surface area contributed by atoms with E-state index in [9.17, 15) is 43.2 Å². The highest BCUT2D eigenvalue weighted by molar-refractivity contribution is 7.47. The molecule has 0 fully saturated rings. The Kier molecular flexibility index (Phi) is 76.6. The van der Waals surface area contributed by atoms with Crippen molar-refractivity contribution < 1.29 is 80.2 Å². The number of esters is 4. The van der Waals surface area contributed by atoms with Crippen LogP contribution in [0, 0.1) is 17.8 Å². The number of carbonyl (C=O) groups is 4. The van der Waals surface area contributed by atoms with Crippen molar-refractivity contribution in [1.82, 2.24) is 0 Å². The van der Waals surface area contributed by atoms with Crippen molar-refractivity contribution in [2.45, 2.75) is 484 Å². The van der Waals surface area contributed by atoms with Gasteiger partial charge in [0.15, 0.2) is 12.2 Å². The molecule has 0 aromatic carbocycles. The zero-order valence-electron chi connectivity index (χ0n) is 70.6. The quantitative estimate of drug-likeness (QED) is 0.0222. The average molecular weight is 1560 g/mol. The van der Waals surface area contributed by atoms with Gasteiger partial charge >= 0.3 is 39.5 Å². The fraction of sp³-hybridized carbons (Fsp3) is 0.955. The van der Waals surface area contributed by atoms with Crippen LogP contribution in [0.5, 0.6) is 0 Å². The van der Waals surface area contributed by atoms with Crippen LogP contribution in [-0.4, -0.2) is 96.7 Å². The summed E-state index contributed by atoms with van der Waals surface area (Å²) in [5.41, 5.74) is 0. The van der Waals surface area contributed by atoms with Crippen molar-refractivity contribution in [1.29, 1.82) is 0 Å². The number of aliphatic hydroxyl groups excluding tert-OH is 1. The first-order chi connectivity index (χ1) is 51.8. The molecule has 0 spiro atoms. The molecular formula is C88H172O17P2. The summed E-state index contributed by atoms with van der Waals surface area (Å²) in [6.07, 6.45) is 69.9. The zero-order valence-corrected chi connectivity index (χ0v) is 72.4. The first-order valence-electron chi connectivity index (χ1n) is 45.4. The maximum Gasteiger partial charge on any atom is 0.472 e. The summed E-state index contributed by atoms with van der Waals surface area (Å²) >= 11 is 0. The highest BCUT2D eigenvalue weighted by Gasteiger charge is 2.31. The predicted molar refractivity (Wildman–Crippen MR) is 441 cm³/mol. The predicted octanol–water partition coefficient (Wildman–Crippen LogP) is 26.9. The maximum atomic E-state index is 13.1. The van der Waals surface area contributed by atoms with Crippen LogP contribution in [0.2, 0.25) is 0 Å². The average Bonchev–Trinajstić information content (AvgIpc) is 0.902. The molecule has 0 aliphatic heterocycles. The number of ether oxygens (including phenoxy) is 4. The maximum absolute atomic E-state index is 13.1. The lowest BCUT2D eigenvalue weighted by atomic mass is 9.99. The highest BCUT2D eigenvalue weighted by Crippen LogP contribution is 2.45. The van der Waals surface area contributed by atoms with Crippen molar-refractivity contribution in [3.8, 4) is 0 Å². The van der Waals surface area contributed by atoms with Gasteiger partial charge in [0.25, 0.3) is 0 Å². The van der Waals surface area contributed by atoms with Crippen LogP contribution in [0.25, 0.3) is 0 Å². The van der Waals surface area contributed by atoms with Gasteiger partial charge in [-0.3, -0.25) is 37.3 Å². The molecular weight excluding hydrogens is 1390 g/mol. The Balaban J connectivity index is 5.10. The van der Waals surface area contributed by atoms with Crippen LogP contribution in [0.4, 0.5) is 0 Å². The largest absolute Gasteiger partial charge is 0.472 e. The third-order valence-corrected chi connectivity index (χ3v) is 23.3. The second-order valence-electron chi connectivity index (χ2n) is 32.6. The van der Waals surface area contributed by atoms with Crippen molar-refractivity contribution in [2.24, 2.45) is 17.8 Å². The van der Waals surface area contributed by atoms with Crippen LogP contribution in [-0.2, 0) is 65.4 Å². The summed E-state index contributed by atoms with van der Waals surface area (Å²) in [5.74, 6) is 0.433. The first-order valence-corrected chi connectivity index (χ1v) is 48.4. The van der Waals surface area contributed by atoms with Crippen LogP contribution in [0.1, 0.15) is 466 Å². The van der Waals surface area contributed by atoms with Crippen molar-refractivity contribution in [3.63, 3.8) is 0 Å². The number of phosphoric acid groups is 2. The number of hydrogen-bond acceptors (Lipinski definition) is 15. The van der Waals surface area contributed by atoms with E-state index in [1.165, 1.54) is 270 Å². The number of unbranched alkanes of at least 4 members (excludes halogenated alkanes) is 52. The van der Waals surface area contributed by atoms with Gasteiger partial charge in [0.2, 0.25) is 0 Å². The molecule has 7 atom stereocenters. The number of carbonyl (C=O) groups excluding carboxylic acids is 4. The fourth-order valence-electron chi connectivity index (χ4n) is 13.7. The van der Waals surface area contributed by atoms with E-state index in [1.807, 2.05) is 0 Å². The molecule has 0 aliphatic carbocycles. The van der Waals surface area contributed by atoms with E-state index < -0.39 is 97.5 Å². The molecule has 0 radical (unpaired) electrons. The molecule has 0 saturated carbocycles. The van der Waals surface area contributed by atoms with Gasteiger partial charge < -0.3 is 33.8 Å². The Morgan fingerprint density at radius 3 is 0.710 bits per heavy atom. The van der Waals surface area contributed by atoms with E-state index in [0.717, 1.165) is 114 Å². The minimum atomic E-state index is -4.96. The Morgan fingerprint density at radius 2 is 0.477 bits per heavy atom. The molecule has 17 nitrogen and oxygen atoms in total. The Hall–Kier alpha value is -1.94. The van der Waals surface area contributed by atoms with Gasteiger partial charge in [-0.15, -0.1) is 0 Å². The summed E-state index contributed by atoms with van der Waals surface area (Å²) in [6, 6.07) is 0. The van der Waals surface area contributed by atoms with Crippen LogP contribution >= 0.6 is 15.6 Å². The van der Waals surface area contributed by atoms with E-state index in [4.69, 9.17) is 37.0 Å². The van der Waals surface area contributed by atoms with Gasteiger partial charge in [0, 0.05) is 25.7 Å². The molecule has 636 valence electrons. The Labute approximate surface area is 658 Å². The molecule has 0 saturated heterocycles. The minimum absolute atomic E-state index is 0.107. The van der Waals surface area contributed by atoms with Crippen molar-refractivity contribution in [3.05, 3.63) is 0 Å². The van der Waals surface area contributed by atoms with Gasteiger partial charge in [-0.05, 0) is 43.4 Å². The van der Waals surface area contributed by atoms with E-state index in [0.29, 0.717) is 25.7 Å². The fourth-order valence-corrected chi connectivity index (χ4v) is 15.2. The third-order valence-electron chi connectivity index (χ3n) is 21.4. The molecule has 0 aromatic heterocycles. The van der Waals surface area contributed by atoms with E-state index in [-0.39, 0.29) is 25.7 Å². The summed E-state index contributed by atoms with van der Waals surface area (Å²) in [5, 5.41) is 10.6. The van der Waals surface area contributed by atoms with E-state index in [1.54, 1.807) is 0 Å². The van der Waals surface area contributed by atoms with E-state index >= 15 is 0 Å². The van der Waals surface area contributed by atoms with Gasteiger partial charge in [-0.25, -0.2) is 9.13 Å². The second kappa shape index (κ2) is 78.0. The Bertz CT molecular complexity index is 2060. The molecule has 3 N–H and O–H groups in total. The lowest BCUT2D eigenvalue weighted by Gasteiger charge is -2.21. The summed E-state index contributed by atoms with van der Waals surface area (Å²) in [6.45, 7) is 12.1. The molecule has 19 heteroatoms. The van der Waals surface area contributed by atoms with Gasteiger partial charge in [-0.1, -0.05) is 414 Å². The molecule has 0 aromatic rings. The normalized spacial score (nSPS) is 14.3. The van der Waals surface area contributed by atoms with Crippen molar-refractivity contribution in [2.75, 3.05) is 39.6 Å². The lowest BCUT2D eigenvalue weighted by Crippen LogP contribution is -2.30. The standard InChI is InChI=1S/C88H172O17P2/c1-8-11-12-52-62-69-85(90)98-75-83(104-87(92)71-64-58-51-45-39-33-27-21-22-28-34-40-46-53-59-66-79(4)5)77-102-106(94,95)100-73-82(89)74-101-107(96,97)103-78-84(105-88(93)72-65-57-50-44-38-32-26-20-16-14-18-24-30-36-42-48-55-61-68-81(7)10-3)76-99-86(91)70-63-56-49-43-37-31-25-19-15-13-17-23-29-35-41-47-54-60-67-80(6)9-2/h79-84,89H,8-78H2,1-7H3,(H,94,95)(H,96,97)/t80?,81?,82-,83+,84+/m0/s1. The first kappa shape index (κ1) is 105. The number of phosphoric ester groups is 2. The van der Waals surface area contributed by atoms with Crippen LogP contribution in [0.15, 0.2) is 0 Å². The number of rotatable bonds is 86. The molecule has 0 rings (SSSR count). The van der Waals surface area contributed by atoms with Gasteiger partial charge in [0.05, 0.1) is 26.4 Å². The number of aliphatic hydroxyl groups is 1. The smallest absolute Gasteiger partial charge is 0.462 e. The van der Waals surface area contributed by atoms with Crippen LogP contribution < -0.4 is 0 Å². The van der Waals surface area contributed by atoms with Crippen molar-refractivity contribution >= 4 is 39.5 Å². The van der Waals surface area contributed by atoms with Gasteiger partial charge in [-0.2, -0.15) is 0 Å². The highest BCUT2D eigenvalue weighted by atomic mass is 31.2. The molecule has 0 amide bonds. The van der Waals surface area contributed by atoms with Gasteiger partial charge in [0.1, 0.15) is 19.3 Å². The second-order valence-corrected chi connectivity index (χ2v) is 35.5. The molecule has 0 bridgehead atoms. The monoisotopic (exact) mass is 1560 g/mol. The molecule has 107 heavy (non-hydrogen) atoms. The summed E-state index contributed by atoms with van der Waals surface area (Å²) in [7, 11) is -9.92. The summed E-state index contributed by atoms with van der Waals surface area (Å²) < 4.78 is 68.7. The molecule has 0 aliphatic rings. The zero-order chi connectivity index (χ0) is 78.6. The van der Waals surface area contributed by atoms with E-state index in [2.05, 4.69) is 48.5 Å². The third kappa shape index (κ3) is 79.1. The number of hydrogen-bond donors (Lipinski definition) is 3. The Morgan fingerprint density at radius 1 is 0.271 bits per heavy atom.